The van der Waals surface area contributed by atoms with Gasteiger partial charge in [-0.25, -0.2) is 8.78 Å². The van der Waals surface area contributed by atoms with Crippen LogP contribution in [0, 0.1) is 11.6 Å². The summed E-state index contributed by atoms with van der Waals surface area (Å²) in [6, 6.07) is 8.52. The van der Waals surface area contributed by atoms with Gasteiger partial charge in [-0.3, -0.25) is 9.59 Å². The zero-order valence-corrected chi connectivity index (χ0v) is 17.7. The average molecular weight is 432 g/mol. The third-order valence-electron chi connectivity index (χ3n) is 5.24. The molecule has 0 N–H and O–H groups in total. The van der Waals surface area contributed by atoms with Crippen molar-refractivity contribution in [2.75, 3.05) is 39.9 Å². The highest BCUT2D eigenvalue weighted by Crippen LogP contribution is 2.28. The lowest BCUT2D eigenvalue weighted by Gasteiger charge is -2.35. The van der Waals surface area contributed by atoms with Crippen molar-refractivity contribution in [3.05, 3.63) is 59.2 Å². The Morgan fingerprint density at radius 2 is 1.68 bits per heavy atom. The maximum absolute atomic E-state index is 13.9. The minimum Gasteiger partial charge on any atom is -0.493 e. The number of aryl methyl sites for hydroxylation is 1. The predicted octanol–water partition coefficient (Wildman–Crippen LogP) is 3.29. The third kappa shape index (κ3) is 5.51. The van der Waals surface area contributed by atoms with Crippen LogP contribution in [0.25, 0.3) is 0 Å². The van der Waals surface area contributed by atoms with E-state index >= 15 is 0 Å². The number of piperazine rings is 1. The normalized spacial score (nSPS) is 13.8. The van der Waals surface area contributed by atoms with Crippen LogP contribution in [0.1, 0.15) is 29.3 Å². The summed E-state index contributed by atoms with van der Waals surface area (Å²) in [5.41, 5.74) is 0.805. The molecule has 0 bridgehead atoms. The van der Waals surface area contributed by atoms with Gasteiger partial charge in [-0.1, -0.05) is 6.07 Å². The molecule has 0 aromatic heterocycles. The van der Waals surface area contributed by atoms with E-state index in [2.05, 4.69) is 0 Å². The Morgan fingerprint density at radius 3 is 2.32 bits per heavy atom. The second-order valence-corrected chi connectivity index (χ2v) is 7.22. The van der Waals surface area contributed by atoms with E-state index in [0.29, 0.717) is 63.2 Å². The minimum atomic E-state index is -0.880. The van der Waals surface area contributed by atoms with Gasteiger partial charge in [0, 0.05) is 38.7 Å². The van der Waals surface area contributed by atoms with Gasteiger partial charge in [0.2, 0.25) is 5.91 Å². The highest BCUT2D eigenvalue weighted by Gasteiger charge is 2.26. The fraction of sp³-hybridized carbons (Fsp3) is 0.391. The summed E-state index contributed by atoms with van der Waals surface area (Å²) >= 11 is 0. The summed E-state index contributed by atoms with van der Waals surface area (Å²) in [4.78, 5) is 28.3. The van der Waals surface area contributed by atoms with Crippen LogP contribution in [0.2, 0.25) is 0 Å². The Morgan fingerprint density at radius 1 is 0.968 bits per heavy atom. The molecule has 1 heterocycles. The first kappa shape index (κ1) is 22.5. The number of rotatable bonds is 7. The van der Waals surface area contributed by atoms with Crippen molar-refractivity contribution < 1.29 is 27.8 Å². The quantitative estimate of drug-likeness (QED) is 0.674. The number of carbonyl (C=O) groups is 2. The molecule has 0 atom stereocenters. The van der Waals surface area contributed by atoms with E-state index in [4.69, 9.17) is 9.47 Å². The molecule has 3 rings (SSSR count). The largest absolute Gasteiger partial charge is 0.493 e. The first-order chi connectivity index (χ1) is 14.9. The van der Waals surface area contributed by atoms with Crippen LogP contribution in [0.3, 0.4) is 0 Å². The van der Waals surface area contributed by atoms with Crippen LogP contribution in [0.15, 0.2) is 36.4 Å². The highest BCUT2D eigenvalue weighted by atomic mass is 19.1. The van der Waals surface area contributed by atoms with Crippen molar-refractivity contribution in [2.45, 2.75) is 19.8 Å². The summed E-state index contributed by atoms with van der Waals surface area (Å²) in [6.07, 6.45) is 0.888. The Hall–Kier alpha value is -3.16. The van der Waals surface area contributed by atoms with Gasteiger partial charge >= 0.3 is 0 Å². The molecular weight excluding hydrogens is 406 g/mol. The van der Waals surface area contributed by atoms with Crippen LogP contribution in [0.4, 0.5) is 8.78 Å². The lowest BCUT2D eigenvalue weighted by Crippen LogP contribution is -2.50. The second-order valence-electron chi connectivity index (χ2n) is 7.22. The number of benzene rings is 2. The van der Waals surface area contributed by atoms with Crippen molar-refractivity contribution in [2.24, 2.45) is 0 Å². The average Bonchev–Trinajstić information content (AvgIpc) is 2.78. The topological polar surface area (TPSA) is 59.1 Å². The summed E-state index contributed by atoms with van der Waals surface area (Å²) in [7, 11) is 1.57. The molecule has 2 amide bonds. The molecule has 1 saturated heterocycles. The Bertz CT molecular complexity index is 943. The monoisotopic (exact) mass is 432 g/mol. The number of halogens is 2. The van der Waals surface area contributed by atoms with Gasteiger partial charge in [-0.15, -0.1) is 0 Å². The number of methoxy groups -OCH3 is 1. The van der Waals surface area contributed by atoms with Crippen molar-refractivity contribution in [3.8, 4) is 11.5 Å². The lowest BCUT2D eigenvalue weighted by molar-refractivity contribution is -0.132. The molecule has 0 unspecified atom stereocenters. The van der Waals surface area contributed by atoms with Crippen LogP contribution in [-0.4, -0.2) is 61.5 Å². The number of hydrogen-bond acceptors (Lipinski definition) is 4. The molecular formula is C23H26F2N2O4. The predicted molar refractivity (Wildman–Crippen MR) is 111 cm³/mol. The molecule has 8 heteroatoms. The number of amides is 2. The molecule has 166 valence electrons. The van der Waals surface area contributed by atoms with Crippen molar-refractivity contribution in [1.29, 1.82) is 0 Å². The SMILES string of the molecule is CCOc1ccc(CCC(=O)N2CCN(C(=O)c3ccc(F)cc3F)CC2)cc1OC. The van der Waals surface area contributed by atoms with Gasteiger partial charge in [0.15, 0.2) is 11.5 Å². The maximum atomic E-state index is 13.9. The van der Waals surface area contributed by atoms with E-state index in [1.54, 1.807) is 12.0 Å². The fourth-order valence-electron chi connectivity index (χ4n) is 3.54. The number of nitrogens with zero attached hydrogens (tertiary/aromatic N) is 2. The first-order valence-electron chi connectivity index (χ1n) is 10.2. The van der Waals surface area contributed by atoms with Gasteiger partial charge in [0.25, 0.3) is 5.91 Å². The fourth-order valence-corrected chi connectivity index (χ4v) is 3.54. The molecule has 1 aliphatic heterocycles. The van der Waals surface area contributed by atoms with Gasteiger partial charge in [-0.05, 0) is 43.2 Å². The van der Waals surface area contributed by atoms with E-state index in [9.17, 15) is 18.4 Å². The summed E-state index contributed by atoms with van der Waals surface area (Å²) in [6.45, 7) is 3.79. The molecule has 0 saturated carbocycles. The molecule has 2 aromatic carbocycles. The van der Waals surface area contributed by atoms with Crippen molar-refractivity contribution in [3.63, 3.8) is 0 Å². The van der Waals surface area contributed by atoms with Crippen molar-refractivity contribution >= 4 is 11.8 Å². The van der Waals surface area contributed by atoms with E-state index < -0.39 is 17.5 Å². The molecule has 0 spiro atoms. The van der Waals surface area contributed by atoms with E-state index in [0.717, 1.165) is 17.7 Å². The molecule has 0 radical (unpaired) electrons. The second kappa shape index (κ2) is 10.2. The van der Waals surface area contributed by atoms with Gasteiger partial charge < -0.3 is 19.3 Å². The molecule has 0 aliphatic carbocycles. The summed E-state index contributed by atoms with van der Waals surface area (Å²) in [5.74, 6) is -0.812. The van der Waals surface area contributed by atoms with E-state index in [1.807, 2.05) is 25.1 Å². The zero-order valence-electron chi connectivity index (χ0n) is 17.7. The molecule has 2 aromatic rings. The first-order valence-corrected chi connectivity index (χ1v) is 10.2. The van der Waals surface area contributed by atoms with Crippen LogP contribution in [-0.2, 0) is 11.2 Å². The van der Waals surface area contributed by atoms with E-state index in [1.165, 1.54) is 4.90 Å². The number of ether oxygens (including phenoxy) is 2. The summed E-state index contributed by atoms with van der Waals surface area (Å²) in [5, 5.41) is 0. The molecule has 6 nitrogen and oxygen atoms in total. The Kier molecular flexibility index (Phi) is 7.44. The van der Waals surface area contributed by atoms with Crippen LogP contribution in [0.5, 0.6) is 11.5 Å². The van der Waals surface area contributed by atoms with Gasteiger partial charge in [0.1, 0.15) is 11.6 Å². The summed E-state index contributed by atoms with van der Waals surface area (Å²) < 4.78 is 37.8. The smallest absolute Gasteiger partial charge is 0.256 e. The Labute approximate surface area is 180 Å². The molecule has 1 fully saturated rings. The van der Waals surface area contributed by atoms with Crippen molar-refractivity contribution in [1.82, 2.24) is 9.80 Å². The highest BCUT2D eigenvalue weighted by molar-refractivity contribution is 5.94. The number of carbonyl (C=O) groups excluding carboxylic acids is 2. The van der Waals surface area contributed by atoms with Crippen LogP contribution < -0.4 is 9.47 Å². The van der Waals surface area contributed by atoms with Crippen LogP contribution >= 0.6 is 0 Å². The lowest BCUT2D eigenvalue weighted by atomic mass is 10.1. The zero-order chi connectivity index (χ0) is 22.4. The third-order valence-corrected chi connectivity index (χ3v) is 5.24. The maximum Gasteiger partial charge on any atom is 0.256 e. The molecule has 1 aliphatic rings. The standard InChI is InChI=1S/C23H26F2N2O4/c1-3-31-20-8-4-16(14-21(20)30-2)5-9-22(28)26-10-12-27(13-11-26)23(29)18-7-6-17(24)15-19(18)25/h4,6-8,14-15H,3,5,9-13H2,1-2H3. The van der Waals surface area contributed by atoms with Gasteiger partial charge in [-0.2, -0.15) is 0 Å². The minimum absolute atomic E-state index is 0.00656. The molecule has 31 heavy (non-hydrogen) atoms. The van der Waals surface area contributed by atoms with Gasteiger partial charge in [0.05, 0.1) is 19.3 Å². The number of hydrogen-bond donors (Lipinski definition) is 0. The van der Waals surface area contributed by atoms with E-state index in [-0.39, 0.29) is 11.5 Å². The Balaban J connectivity index is 1.52.